The smallest absolute Gasteiger partial charge is 0.329 e. The van der Waals surface area contributed by atoms with Gasteiger partial charge in [0.1, 0.15) is 12.4 Å². The van der Waals surface area contributed by atoms with E-state index in [9.17, 15) is 9.59 Å². The Bertz CT molecular complexity index is 1200. The number of hydrogen-bond acceptors (Lipinski definition) is 4. The van der Waals surface area contributed by atoms with Gasteiger partial charge in [0, 0.05) is 16.3 Å². The number of nitrogens with one attached hydrogen (secondary N) is 2. The van der Waals surface area contributed by atoms with Gasteiger partial charge in [-0.25, -0.2) is 5.43 Å². The molecular formula is C24H20Cl3N3O3. The van der Waals surface area contributed by atoms with Gasteiger partial charge in [0.05, 0.1) is 16.3 Å². The van der Waals surface area contributed by atoms with E-state index in [0.29, 0.717) is 32.1 Å². The van der Waals surface area contributed by atoms with E-state index in [0.717, 1.165) is 17.5 Å². The van der Waals surface area contributed by atoms with Crippen LogP contribution < -0.4 is 15.5 Å². The minimum atomic E-state index is -0.905. The zero-order valence-corrected chi connectivity index (χ0v) is 19.8. The van der Waals surface area contributed by atoms with Crippen molar-refractivity contribution in [1.82, 2.24) is 5.43 Å². The summed E-state index contributed by atoms with van der Waals surface area (Å²) in [6.45, 7) is 2.19. The predicted octanol–water partition coefficient (Wildman–Crippen LogP) is 5.88. The zero-order chi connectivity index (χ0) is 23.8. The second-order valence-corrected chi connectivity index (χ2v) is 8.13. The van der Waals surface area contributed by atoms with Crippen molar-refractivity contribution in [1.29, 1.82) is 0 Å². The average Bonchev–Trinajstić information content (AvgIpc) is 2.81. The summed E-state index contributed by atoms with van der Waals surface area (Å²) in [6, 6.07) is 17.4. The lowest BCUT2D eigenvalue weighted by Gasteiger charge is -2.10. The van der Waals surface area contributed by atoms with Crippen LogP contribution in [-0.2, 0) is 22.6 Å². The van der Waals surface area contributed by atoms with Crippen LogP contribution in [0.5, 0.6) is 5.75 Å². The molecule has 2 N–H and O–H groups in total. The van der Waals surface area contributed by atoms with Gasteiger partial charge in [0.2, 0.25) is 0 Å². The van der Waals surface area contributed by atoms with Crippen LogP contribution in [0.3, 0.4) is 0 Å². The number of nitrogens with zero attached hydrogens (tertiary/aromatic N) is 1. The van der Waals surface area contributed by atoms with Crippen LogP contribution in [0.25, 0.3) is 0 Å². The molecule has 9 heteroatoms. The Morgan fingerprint density at radius 2 is 1.76 bits per heavy atom. The number of hydrazone groups is 1. The van der Waals surface area contributed by atoms with Crippen LogP contribution in [0, 0.1) is 0 Å². The Kier molecular flexibility index (Phi) is 8.72. The number of carbonyl (C=O) groups excluding carboxylic acids is 2. The summed E-state index contributed by atoms with van der Waals surface area (Å²) >= 11 is 18.1. The number of ether oxygens (including phenoxy) is 1. The highest BCUT2D eigenvalue weighted by atomic mass is 35.5. The monoisotopic (exact) mass is 503 g/mol. The van der Waals surface area contributed by atoms with E-state index in [-0.39, 0.29) is 6.61 Å². The first-order chi connectivity index (χ1) is 15.9. The van der Waals surface area contributed by atoms with Crippen molar-refractivity contribution >= 4 is 58.5 Å². The predicted molar refractivity (Wildman–Crippen MR) is 132 cm³/mol. The minimum absolute atomic E-state index is 0.227. The molecule has 0 aliphatic rings. The largest absolute Gasteiger partial charge is 0.488 e. The highest BCUT2D eigenvalue weighted by Gasteiger charge is 2.14. The van der Waals surface area contributed by atoms with Gasteiger partial charge in [-0.2, -0.15) is 5.10 Å². The summed E-state index contributed by atoms with van der Waals surface area (Å²) in [4.78, 5) is 24.3. The fourth-order valence-electron chi connectivity index (χ4n) is 2.88. The van der Waals surface area contributed by atoms with Gasteiger partial charge in [-0.1, -0.05) is 66.0 Å². The number of para-hydroxylation sites is 1. The van der Waals surface area contributed by atoms with E-state index in [2.05, 4.69) is 15.8 Å². The van der Waals surface area contributed by atoms with E-state index < -0.39 is 11.8 Å². The summed E-state index contributed by atoms with van der Waals surface area (Å²) in [5.41, 5.74) is 5.04. The highest BCUT2D eigenvalue weighted by molar-refractivity contribution is 6.42. The SMILES string of the molecule is CCc1ccccc1NC(=O)C(=O)N/N=C\c1cc(Cl)ccc1OCc1ccc(Cl)c(Cl)c1. The van der Waals surface area contributed by atoms with Crippen molar-refractivity contribution in [2.75, 3.05) is 5.32 Å². The topological polar surface area (TPSA) is 79.8 Å². The molecule has 6 nitrogen and oxygen atoms in total. The normalized spacial score (nSPS) is 10.8. The van der Waals surface area contributed by atoms with E-state index in [1.807, 2.05) is 19.1 Å². The molecule has 0 bridgehead atoms. The second-order valence-electron chi connectivity index (χ2n) is 6.88. The lowest BCUT2D eigenvalue weighted by atomic mass is 10.1. The minimum Gasteiger partial charge on any atom is -0.488 e. The number of rotatable bonds is 7. The van der Waals surface area contributed by atoms with Crippen molar-refractivity contribution in [3.05, 3.63) is 92.4 Å². The molecule has 0 saturated heterocycles. The molecule has 3 aromatic rings. The maximum Gasteiger partial charge on any atom is 0.329 e. The Labute approximate surface area is 206 Å². The molecule has 0 aliphatic heterocycles. The van der Waals surface area contributed by atoms with E-state index in [4.69, 9.17) is 39.5 Å². The van der Waals surface area contributed by atoms with Gasteiger partial charge in [0.15, 0.2) is 0 Å². The lowest BCUT2D eigenvalue weighted by Crippen LogP contribution is -2.32. The highest BCUT2D eigenvalue weighted by Crippen LogP contribution is 2.25. The van der Waals surface area contributed by atoms with Crippen LogP contribution >= 0.6 is 34.8 Å². The number of carbonyl (C=O) groups is 2. The summed E-state index contributed by atoms with van der Waals surface area (Å²) in [5, 5.41) is 7.80. The van der Waals surface area contributed by atoms with Crippen LogP contribution in [0.1, 0.15) is 23.6 Å². The standard InChI is InChI=1S/C24H20Cl3N3O3/c1-2-16-5-3-4-6-21(16)29-23(31)24(32)30-28-13-17-12-18(25)8-10-22(17)33-14-15-7-9-19(26)20(27)11-15/h3-13H,2,14H2,1H3,(H,29,31)(H,30,32)/b28-13-. The molecule has 3 rings (SSSR count). The number of benzene rings is 3. The molecule has 0 radical (unpaired) electrons. The Morgan fingerprint density at radius 1 is 0.970 bits per heavy atom. The first-order valence-corrected chi connectivity index (χ1v) is 11.1. The van der Waals surface area contributed by atoms with Gasteiger partial charge >= 0.3 is 11.8 Å². The third-order valence-corrected chi connectivity index (χ3v) is 5.55. The molecule has 3 aromatic carbocycles. The second kappa shape index (κ2) is 11.7. The molecule has 0 aliphatic carbocycles. The summed E-state index contributed by atoms with van der Waals surface area (Å²) in [6.07, 6.45) is 2.07. The molecule has 2 amide bonds. The molecule has 0 fully saturated rings. The molecule has 0 saturated carbocycles. The Balaban J connectivity index is 1.64. The van der Waals surface area contributed by atoms with Crippen LogP contribution in [0.2, 0.25) is 15.1 Å². The molecule has 170 valence electrons. The maximum atomic E-state index is 12.2. The van der Waals surface area contributed by atoms with Crippen LogP contribution in [0.15, 0.2) is 65.8 Å². The number of halogens is 3. The van der Waals surface area contributed by atoms with Crippen LogP contribution in [-0.4, -0.2) is 18.0 Å². The lowest BCUT2D eigenvalue weighted by molar-refractivity contribution is -0.136. The molecular weight excluding hydrogens is 485 g/mol. The van der Waals surface area contributed by atoms with Gasteiger partial charge in [-0.05, 0) is 53.9 Å². The molecule has 0 atom stereocenters. The third kappa shape index (κ3) is 6.96. The quantitative estimate of drug-likeness (QED) is 0.240. The number of aryl methyl sites for hydroxylation is 1. The summed E-state index contributed by atoms with van der Waals surface area (Å²) < 4.78 is 5.84. The Morgan fingerprint density at radius 3 is 2.52 bits per heavy atom. The fraction of sp³-hybridized carbons (Fsp3) is 0.125. The first-order valence-electron chi connectivity index (χ1n) is 9.96. The van der Waals surface area contributed by atoms with E-state index in [1.54, 1.807) is 48.5 Å². The maximum absolute atomic E-state index is 12.2. The third-order valence-electron chi connectivity index (χ3n) is 4.57. The van der Waals surface area contributed by atoms with Gasteiger partial charge in [-0.3, -0.25) is 9.59 Å². The van der Waals surface area contributed by atoms with E-state index in [1.165, 1.54) is 6.21 Å². The van der Waals surface area contributed by atoms with Crippen molar-refractivity contribution in [2.45, 2.75) is 20.0 Å². The molecule has 0 unspecified atom stereocenters. The number of anilines is 1. The van der Waals surface area contributed by atoms with Crippen LogP contribution in [0.4, 0.5) is 5.69 Å². The average molecular weight is 505 g/mol. The molecule has 33 heavy (non-hydrogen) atoms. The molecule has 0 heterocycles. The zero-order valence-electron chi connectivity index (χ0n) is 17.6. The van der Waals surface area contributed by atoms with Gasteiger partial charge in [0.25, 0.3) is 0 Å². The van der Waals surface area contributed by atoms with E-state index >= 15 is 0 Å². The number of amides is 2. The van der Waals surface area contributed by atoms with Gasteiger partial charge in [-0.15, -0.1) is 0 Å². The first kappa shape index (κ1) is 24.6. The van der Waals surface area contributed by atoms with Crippen molar-refractivity contribution in [2.24, 2.45) is 5.10 Å². The molecule has 0 spiro atoms. The number of hydrogen-bond donors (Lipinski definition) is 2. The summed E-state index contributed by atoms with van der Waals surface area (Å²) in [7, 11) is 0. The summed E-state index contributed by atoms with van der Waals surface area (Å²) in [5.74, 6) is -1.25. The van der Waals surface area contributed by atoms with Crippen molar-refractivity contribution < 1.29 is 14.3 Å². The van der Waals surface area contributed by atoms with Gasteiger partial charge < -0.3 is 10.1 Å². The van der Waals surface area contributed by atoms with Crippen molar-refractivity contribution in [3.63, 3.8) is 0 Å². The van der Waals surface area contributed by atoms with Crippen molar-refractivity contribution in [3.8, 4) is 5.75 Å². The Hall–Kier alpha value is -3.06. The fourth-order valence-corrected chi connectivity index (χ4v) is 3.38. The molecule has 0 aromatic heterocycles.